The Morgan fingerprint density at radius 2 is 1.87 bits per heavy atom. The van der Waals surface area contributed by atoms with E-state index in [0.29, 0.717) is 31.4 Å². The quantitative estimate of drug-likeness (QED) is 0.458. The van der Waals surface area contributed by atoms with Crippen LogP contribution in [0.5, 0.6) is 5.75 Å². The first-order valence-electron chi connectivity index (χ1n) is 13.6. The van der Waals surface area contributed by atoms with Crippen LogP contribution in [0.2, 0.25) is 0 Å². The fraction of sp³-hybridized carbons (Fsp3) is 0.387. The molecule has 39 heavy (non-hydrogen) atoms. The number of hydrogen-bond acceptors (Lipinski definition) is 5. The molecular formula is C31H35FN4O3. The highest BCUT2D eigenvalue weighted by atomic mass is 19.1. The molecule has 1 aromatic heterocycles. The molecule has 0 N–H and O–H groups in total. The van der Waals surface area contributed by atoms with Gasteiger partial charge in [-0.1, -0.05) is 30.3 Å². The summed E-state index contributed by atoms with van der Waals surface area (Å²) in [5.41, 5.74) is 2.94. The number of aromatic nitrogens is 1. The molecule has 0 radical (unpaired) electrons. The van der Waals surface area contributed by atoms with Gasteiger partial charge in [0, 0.05) is 69.3 Å². The van der Waals surface area contributed by atoms with Crippen LogP contribution in [-0.2, 0) is 22.7 Å². The van der Waals surface area contributed by atoms with Crippen molar-refractivity contribution in [2.75, 3.05) is 24.6 Å². The molecule has 8 heteroatoms. The zero-order valence-corrected chi connectivity index (χ0v) is 22.3. The first kappa shape index (κ1) is 26.8. The number of anilines is 1. The van der Waals surface area contributed by atoms with Crippen molar-refractivity contribution < 1.29 is 18.7 Å². The number of benzene rings is 2. The maximum absolute atomic E-state index is 13.6. The fourth-order valence-electron chi connectivity index (χ4n) is 5.80. The number of carbonyl (C=O) groups excluding carboxylic acids is 2. The Bertz CT molecular complexity index is 1290. The van der Waals surface area contributed by atoms with Gasteiger partial charge in [0.05, 0.1) is 13.0 Å². The molecule has 2 aliphatic heterocycles. The number of nitrogens with zero attached hydrogens (tertiary/aromatic N) is 4. The highest BCUT2D eigenvalue weighted by Crippen LogP contribution is 2.32. The van der Waals surface area contributed by atoms with Crippen molar-refractivity contribution in [2.45, 2.75) is 57.8 Å². The Labute approximate surface area is 229 Å². The van der Waals surface area contributed by atoms with Crippen LogP contribution in [0.3, 0.4) is 0 Å². The van der Waals surface area contributed by atoms with E-state index in [0.717, 1.165) is 42.6 Å². The van der Waals surface area contributed by atoms with Gasteiger partial charge in [-0.15, -0.1) is 0 Å². The first-order valence-corrected chi connectivity index (χ1v) is 13.6. The number of carbonyl (C=O) groups is 2. The molecule has 7 nitrogen and oxygen atoms in total. The zero-order valence-electron chi connectivity index (χ0n) is 22.3. The molecule has 1 fully saturated rings. The third kappa shape index (κ3) is 6.63. The number of fused-ring (bicyclic) bond motifs is 3. The summed E-state index contributed by atoms with van der Waals surface area (Å²) in [5.74, 6) is 0.00194. The van der Waals surface area contributed by atoms with Gasteiger partial charge in [-0.2, -0.15) is 0 Å². The lowest BCUT2D eigenvalue weighted by Gasteiger charge is -2.34. The number of amides is 2. The molecule has 2 aromatic carbocycles. The van der Waals surface area contributed by atoms with Crippen molar-refractivity contribution in [2.24, 2.45) is 0 Å². The Balaban J connectivity index is 1.40. The molecular weight excluding hydrogens is 495 g/mol. The van der Waals surface area contributed by atoms with Gasteiger partial charge < -0.3 is 14.5 Å². The lowest BCUT2D eigenvalue weighted by molar-refractivity contribution is -0.133. The summed E-state index contributed by atoms with van der Waals surface area (Å²) in [7, 11) is 0. The zero-order chi connectivity index (χ0) is 27.2. The maximum atomic E-state index is 13.6. The van der Waals surface area contributed by atoms with E-state index in [4.69, 9.17) is 4.74 Å². The van der Waals surface area contributed by atoms with Gasteiger partial charge in [-0.3, -0.25) is 19.5 Å². The highest BCUT2D eigenvalue weighted by molar-refractivity contribution is 5.92. The summed E-state index contributed by atoms with van der Waals surface area (Å²) < 4.78 is 19.2. The lowest BCUT2D eigenvalue weighted by atomic mass is 10.1. The molecule has 1 saturated heterocycles. The van der Waals surface area contributed by atoms with Crippen molar-refractivity contribution in [1.29, 1.82) is 0 Å². The smallest absolute Gasteiger partial charge is 0.226 e. The molecule has 2 aliphatic rings. The van der Waals surface area contributed by atoms with Gasteiger partial charge in [0.1, 0.15) is 11.6 Å². The number of halogens is 1. The number of rotatable bonds is 6. The molecule has 2 amide bonds. The predicted molar refractivity (Wildman–Crippen MR) is 148 cm³/mol. The Morgan fingerprint density at radius 1 is 1.03 bits per heavy atom. The highest BCUT2D eigenvalue weighted by Gasteiger charge is 2.36. The molecule has 2 atom stereocenters. The van der Waals surface area contributed by atoms with Crippen molar-refractivity contribution >= 4 is 17.5 Å². The topological polar surface area (TPSA) is 66.0 Å². The van der Waals surface area contributed by atoms with Crippen LogP contribution < -0.4 is 9.64 Å². The van der Waals surface area contributed by atoms with Gasteiger partial charge in [-0.25, -0.2) is 4.39 Å². The van der Waals surface area contributed by atoms with E-state index in [-0.39, 0.29) is 36.7 Å². The van der Waals surface area contributed by atoms with E-state index in [2.05, 4.69) is 16.0 Å². The average Bonchev–Trinajstić information content (AvgIpc) is 3.28. The molecule has 2 bridgehead atoms. The van der Waals surface area contributed by atoms with E-state index in [1.54, 1.807) is 25.3 Å². The number of para-hydroxylation sites is 1. The summed E-state index contributed by atoms with van der Waals surface area (Å²) in [5, 5.41) is 0. The second kappa shape index (κ2) is 12.4. The Morgan fingerprint density at radius 3 is 2.67 bits per heavy atom. The summed E-state index contributed by atoms with van der Waals surface area (Å²) in [6, 6.07) is 18.3. The van der Waals surface area contributed by atoms with Crippen LogP contribution in [-0.4, -0.2) is 58.4 Å². The van der Waals surface area contributed by atoms with Crippen molar-refractivity contribution in [3.05, 3.63) is 90.0 Å². The molecule has 0 aliphatic carbocycles. The summed E-state index contributed by atoms with van der Waals surface area (Å²) in [4.78, 5) is 37.0. The predicted octanol–water partition coefficient (Wildman–Crippen LogP) is 4.81. The summed E-state index contributed by atoms with van der Waals surface area (Å²) >= 11 is 0. The van der Waals surface area contributed by atoms with Gasteiger partial charge in [0.25, 0.3) is 0 Å². The fourth-order valence-corrected chi connectivity index (χ4v) is 5.80. The minimum absolute atomic E-state index is 0.00331. The van der Waals surface area contributed by atoms with E-state index in [9.17, 15) is 14.0 Å². The van der Waals surface area contributed by atoms with E-state index in [1.165, 1.54) is 12.1 Å². The minimum atomic E-state index is -0.373. The number of ether oxygens (including phenoxy) is 1. The van der Waals surface area contributed by atoms with Gasteiger partial charge in [-0.05, 0) is 54.7 Å². The second-order valence-electron chi connectivity index (χ2n) is 10.3. The second-order valence-corrected chi connectivity index (χ2v) is 10.3. The first-order chi connectivity index (χ1) is 19.0. The Hall–Kier alpha value is -3.78. The molecule has 0 spiro atoms. The van der Waals surface area contributed by atoms with Crippen molar-refractivity contribution in [1.82, 2.24) is 14.8 Å². The number of hydrogen-bond donors (Lipinski definition) is 0. The molecule has 3 aromatic rings. The summed E-state index contributed by atoms with van der Waals surface area (Å²) in [6.07, 6.45) is 6.71. The van der Waals surface area contributed by atoms with Crippen molar-refractivity contribution in [3.8, 4) is 5.75 Å². The van der Waals surface area contributed by atoms with Gasteiger partial charge in [0.15, 0.2) is 0 Å². The van der Waals surface area contributed by atoms with Gasteiger partial charge >= 0.3 is 0 Å². The third-order valence-electron chi connectivity index (χ3n) is 7.73. The third-order valence-corrected chi connectivity index (χ3v) is 7.73. The SMILES string of the molecule is CC(=O)N1CCC2CCC(CN(C(=O)CCOc3cccc(F)c3)Cc3ccccc31)N2Cc1cccnc1. The van der Waals surface area contributed by atoms with Crippen LogP contribution in [0.4, 0.5) is 10.1 Å². The van der Waals surface area contributed by atoms with Crippen LogP contribution in [0, 0.1) is 5.82 Å². The average molecular weight is 531 g/mol. The van der Waals surface area contributed by atoms with E-state index >= 15 is 0 Å². The van der Waals surface area contributed by atoms with Crippen molar-refractivity contribution in [3.63, 3.8) is 0 Å². The molecule has 5 rings (SSSR count). The summed E-state index contributed by atoms with van der Waals surface area (Å²) in [6.45, 7) is 4.13. The normalized spacial score (nSPS) is 19.7. The molecule has 2 unspecified atom stereocenters. The lowest BCUT2D eigenvalue weighted by Crippen LogP contribution is -2.45. The standard InChI is InChI=1S/C31H35FN4O3/c1-23(37)35-16-13-27-11-12-28(36(27)20-24-6-5-15-33-19-24)22-34(21-25-7-2-3-10-30(25)35)31(38)14-17-39-29-9-4-8-26(32)18-29/h2-10,15,18-19,27-28H,11-14,16-17,20-22H2,1H3. The Kier molecular flexibility index (Phi) is 8.51. The largest absolute Gasteiger partial charge is 0.493 e. The van der Waals surface area contributed by atoms with Gasteiger partial charge in [0.2, 0.25) is 11.8 Å². The van der Waals surface area contributed by atoms with Crippen LogP contribution in [0.25, 0.3) is 0 Å². The molecule has 3 heterocycles. The number of pyridine rings is 1. The van der Waals surface area contributed by atoms with E-state index < -0.39 is 0 Å². The minimum Gasteiger partial charge on any atom is -0.493 e. The van der Waals surface area contributed by atoms with Crippen LogP contribution in [0.15, 0.2) is 73.1 Å². The van der Waals surface area contributed by atoms with Crippen LogP contribution >= 0.6 is 0 Å². The molecule has 204 valence electrons. The van der Waals surface area contributed by atoms with E-state index in [1.807, 2.05) is 46.3 Å². The maximum Gasteiger partial charge on any atom is 0.226 e. The molecule has 0 saturated carbocycles. The monoisotopic (exact) mass is 530 g/mol. The van der Waals surface area contributed by atoms with Crippen LogP contribution in [0.1, 0.15) is 43.7 Å².